The summed E-state index contributed by atoms with van der Waals surface area (Å²) in [6.07, 6.45) is -0.545. The van der Waals surface area contributed by atoms with Crippen LogP contribution in [0.5, 0.6) is 5.75 Å². The molecule has 5 nitrogen and oxygen atoms in total. The number of amides is 2. The summed E-state index contributed by atoms with van der Waals surface area (Å²) in [4.78, 5) is 13.1. The van der Waals surface area contributed by atoms with Gasteiger partial charge < -0.3 is 20.1 Å². The van der Waals surface area contributed by atoms with Crippen molar-refractivity contribution in [2.24, 2.45) is 0 Å². The lowest BCUT2D eigenvalue weighted by Gasteiger charge is -2.19. The van der Waals surface area contributed by atoms with Crippen molar-refractivity contribution in [1.82, 2.24) is 4.90 Å². The van der Waals surface area contributed by atoms with E-state index in [0.29, 0.717) is 11.4 Å². The summed E-state index contributed by atoms with van der Waals surface area (Å²) in [5.74, 6) is 0.681. The second kappa shape index (κ2) is 6.10. The molecule has 1 unspecified atom stereocenters. The molecule has 1 rings (SSSR count). The number of nitrogens with one attached hydrogen (secondary N) is 1. The van der Waals surface area contributed by atoms with Gasteiger partial charge in [0.1, 0.15) is 5.75 Å². The molecule has 17 heavy (non-hydrogen) atoms. The van der Waals surface area contributed by atoms with Crippen LogP contribution in [-0.2, 0) is 0 Å². The standard InChI is InChI=1S/C12H18N2O3/c1-9(15)8-14(2)12(16)13-10-5-4-6-11(7-10)17-3/h4-7,9,15H,8H2,1-3H3,(H,13,16). The summed E-state index contributed by atoms with van der Waals surface area (Å²) < 4.78 is 5.06. The minimum absolute atomic E-state index is 0.265. The Hall–Kier alpha value is -1.75. The molecule has 94 valence electrons. The van der Waals surface area contributed by atoms with Gasteiger partial charge in [-0.25, -0.2) is 4.79 Å². The molecule has 0 aromatic heterocycles. The monoisotopic (exact) mass is 238 g/mol. The Labute approximate surface area is 101 Å². The molecule has 1 aromatic rings. The first-order valence-electron chi connectivity index (χ1n) is 5.37. The van der Waals surface area contributed by atoms with E-state index < -0.39 is 6.10 Å². The summed E-state index contributed by atoms with van der Waals surface area (Å²) >= 11 is 0. The van der Waals surface area contributed by atoms with Crippen LogP contribution in [0, 0.1) is 0 Å². The predicted octanol–water partition coefficient (Wildman–Crippen LogP) is 1.54. The lowest BCUT2D eigenvalue weighted by molar-refractivity contribution is 0.149. The fourth-order valence-electron chi connectivity index (χ4n) is 1.40. The largest absolute Gasteiger partial charge is 0.497 e. The van der Waals surface area contributed by atoms with Crippen LogP contribution in [0.4, 0.5) is 10.5 Å². The number of aliphatic hydroxyl groups is 1. The zero-order chi connectivity index (χ0) is 12.8. The Morgan fingerprint density at radius 1 is 1.59 bits per heavy atom. The molecule has 2 N–H and O–H groups in total. The van der Waals surface area contributed by atoms with Crippen LogP contribution < -0.4 is 10.1 Å². The van der Waals surface area contributed by atoms with Gasteiger partial charge in [0.05, 0.1) is 13.2 Å². The second-order valence-corrected chi connectivity index (χ2v) is 3.89. The fraction of sp³-hybridized carbons (Fsp3) is 0.417. The molecule has 0 aliphatic rings. The highest BCUT2D eigenvalue weighted by atomic mass is 16.5. The quantitative estimate of drug-likeness (QED) is 0.836. The number of likely N-dealkylation sites (N-methyl/N-ethyl adjacent to an activating group) is 1. The van der Waals surface area contributed by atoms with E-state index in [1.807, 2.05) is 0 Å². The summed E-state index contributed by atoms with van der Waals surface area (Å²) in [6.45, 7) is 1.92. The van der Waals surface area contributed by atoms with Crippen LogP contribution in [0.2, 0.25) is 0 Å². The zero-order valence-electron chi connectivity index (χ0n) is 10.3. The van der Waals surface area contributed by atoms with Crippen molar-refractivity contribution in [2.45, 2.75) is 13.0 Å². The van der Waals surface area contributed by atoms with Gasteiger partial charge in [-0.2, -0.15) is 0 Å². The Kier molecular flexibility index (Phi) is 4.78. The SMILES string of the molecule is COc1cccc(NC(=O)N(C)CC(C)O)c1. The van der Waals surface area contributed by atoms with Gasteiger partial charge in [-0.1, -0.05) is 6.07 Å². The van der Waals surface area contributed by atoms with E-state index >= 15 is 0 Å². The summed E-state index contributed by atoms with van der Waals surface area (Å²) in [7, 11) is 3.20. The molecule has 0 aliphatic carbocycles. The van der Waals surface area contributed by atoms with Crippen molar-refractivity contribution in [3.63, 3.8) is 0 Å². The van der Waals surface area contributed by atoms with E-state index in [2.05, 4.69) is 5.32 Å². The maximum Gasteiger partial charge on any atom is 0.321 e. The van der Waals surface area contributed by atoms with Crippen molar-refractivity contribution in [3.05, 3.63) is 24.3 Å². The van der Waals surface area contributed by atoms with Gasteiger partial charge in [0, 0.05) is 25.3 Å². The molecule has 0 bridgehead atoms. The van der Waals surface area contributed by atoms with E-state index in [1.165, 1.54) is 4.90 Å². The molecule has 1 atom stereocenters. The van der Waals surface area contributed by atoms with E-state index in [9.17, 15) is 9.90 Å². The van der Waals surface area contributed by atoms with E-state index in [1.54, 1.807) is 45.3 Å². The normalized spacial score (nSPS) is 11.8. The predicted molar refractivity (Wildman–Crippen MR) is 66.3 cm³/mol. The summed E-state index contributed by atoms with van der Waals surface area (Å²) in [6, 6.07) is 6.84. The molecule has 2 amide bonds. The molecule has 5 heteroatoms. The van der Waals surface area contributed by atoms with Crippen LogP contribution >= 0.6 is 0 Å². The smallest absolute Gasteiger partial charge is 0.321 e. The van der Waals surface area contributed by atoms with Gasteiger partial charge in [0.25, 0.3) is 0 Å². The lowest BCUT2D eigenvalue weighted by atomic mass is 10.3. The van der Waals surface area contributed by atoms with Crippen LogP contribution in [0.15, 0.2) is 24.3 Å². The van der Waals surface area contributed by atoms with Gasteiger partial charge in [-0.15, -0.1) is 0 Å². The Morgan fingerprint density at radius 2 is 2.29 bits per heavy atom. The maximum atomic E-state index is 11.7. The minimum Gasteiger partial charge on any atom is -0.497 e. The molecule has 0 aliphatic heterocycles. The van der Waals surface area contributed by atoms with Crippen LogP contribution in [0.25, 0.3) is 0 Å². The zero-order valence-corrected chi connectivity index (χ0v) is 10.3. The third-order valence-corrected chi connectivity index (χ3v) is 2.21. The Bertz CT molecular complexity index is 380. The van der Waals surface area contributed by atoms with Crippen LogP contribution in [0.3, 0.4) is 0 Å². The van der Waals surface area contributed by atoms with Gasteiger partial charge in [-0.3, -0.25) is 0 Å². The highest BCUT2D eigenvalue weighted by Gasteiger charge is 2.10. The van der Waals surface area contributed by atoms with Crippen molar-refractivity contribution in [1.29, 1.82) is 0 Å². The molecule has 0 radical (unpaired) electrons. The number of hydrogen-bond acceptors (Lipinski definition) is 3. The van der Waals surface area contributed by atoms with Crippen molar-refractivity contribution in [3.8, 4) is 5.75 Å². The van der Waals surface area contributed by atoms with Crippen LogP contribution in [-0.4, -0.2) is 42.8 Å². The number of hydrogen-bond donors (Lipinski definition) is 2. The Balaban J connectivity index is 2.61. The molecule has 0 heterocycles. The number of aliphatic hydroxyl groups excluding tert-OH is 1. The molecule has 0 fully saturated rings. The first kappa shape index (κ1) is 13.3. The third kappa shape index (κ3) is 4.32. The number of urea groups is 1. The molecule has 0 saturated heterocycles. The number of nitrogens with zero attached hydrogens (tertiary/aromatic N) is 1. The summed E-state index contributed by atoms with van der Waals surface area (Å²) in [5, 5.41) is 11.9. The van der Waals surface area contributed by atoms with E-state index in [0.717, 1.165) is 0 Å². The number of carbonyl (C=O) groups excluding carboxylic acids is 1. The molecular weight excluding hydrogens is 220 g/mol. The van der Waals surface area contributed by atoms with Crippen LogP contribution in [0.1, 0.15) is 6.92 Å². The summed E-state index contributed by atoms with van der Waals surface area (Å²) in [5.41, 5.74) is 0.659. The molecule has 1 aromatic carbocycles. The molecular formula is C12H18N2O3. The minimum atomic E-state index is -0.545. The Morgan fingerprint density at radius 3 is 2.88 bits per heavy atom. The van der Waals surface area contributed by atoms with Crippen molar-refractivity contribution < 1.29 is 14.6 Å². The first-order chi connectivity index (χ1) is 8.02. The number of anilines is 1. The third-order valence-electron chi connectivity index (χ3n) is 2.21. The van der Waals surface area contributed by atoms with Crippen molar-refractivity contribution in [2.75, 3.05) is 26.0 Å². The first-order valence-corrected chi connectivity index (χ1v) is 5.37. The number of ether oxygens (including phenoxy) is 1. The molecule has 0 spiro atoms. The van der Waals surface area contributed by atoms with Gasteiger partial charge in [-0.05, 0) is 19.1 Å². The number of benzene rings is 1. The fourth-order valence-corrected chi connectivity index (χ4v) is 1.40. The van der Waals surface area contributed by atoms with E-state index in [4.69, 9.17) is 4.74 Å². The second-order valence-electron chi connectivity index (χ2n) is 3.89. The highest BCUT2D eigenvalue weighted by Crippen LogP contribution is 2.16. The topological polar surface area (TPSA) is 61.8 Å². The number of rotatable bonds is 4. The average Bonchev–Trinajstić information content (AvgIpc) is 2.28. The van der Waals surface area contributed by atoms with Gasteiger partial charge in [0.2, 0.25) is 0 Å². The lowest BCUT2D eigenvalue weighted by Crippen LogP contribution is -2.36. The maximum absolute atomic E-state index is 11.7. The highest BCUT2D eigenvalue weighted by molar-refractivity contribution is 5.89. The number of carbonyl (C=O) groups is 1. The average molecular weight is 238 g/mol. The number of methoxy groups -OCH3 is 1. The van der Waals surface area contributed by atoms with Gasteiger partial charge in [0.15, 0.2) is 0 Å². The van der Waals surface area contributed by atoms with E-state index in [-0.39, 0.29) is 12.6 Å². The molecule has 0 saturated carbocycles. The van der Waals surface area contributed by atoms with Crippen molar-refractivity contribution >= 4 is 11.7 Å². The van der Waals surface area contributed by atoms with Gasteiger partial charge >= 0.3 is 6.03 Å².